The average molecular weight is 375 g/mol. The molecule has 0 radical (unpaired) electrons. The topological polar surface area (TPSA) is 57.7 Å². The van der Waals surface area contributed by atoms with E-state index in [-0.39, 0.29) is 16.8 Å². The highest BCUT2D eigenvalue weighted by Gasteiger charge is 2.22. The van der Waals surface area contributed by atoms with E-state index in [1.165, 1.54) is 11.4 Å². The number of rotatable bonds is 6. The van der Waals surface area contributed by atoms with Gasteiger partial charge in [0, 0.05) is 25.7 Å². The minimum atomic E-state index is -3.64. The molecule has 0 spiro atoms. The van der Waals surface area contributed by atoms with Crippen LogP contribution in [0.1, 0.15) is 36.2 Å². The third-order valence-electron chi connectivity index (χ3n) is 4.73. The molecule has 0 saturated carbocycles. The summed E-state index contributed by atoms with van der Waals surface area (Å²) in [5, 5.41) is 0. The maximum atomic E-state index is 12.7. The van der Waals surface area contributed by atoms with Crippen LogP contribution < -0.4 is 4.31 Å². The van der Waals surface area contributed by atoms with E-state index in [2.05, 4.69) is 0 Å². The van der Waals surface area contributed by atoms with Crippen molar-refractivity contribution >= 4 is 21.6 Å². The molecule has 1 atom stereocenters. The van der Waals surface area contributed by atoms with Crippen LogP contribution >= 0.6 is 0 Å². The molecule has 0 saturated heterocycles. The van der Waals surface area contributed by atoms with E-state index >= 15 is 0 Å². The number of hydrogen-bond acceptors (Lipinski definition) is 3. The van der Waals surface area contributed by atoms with Crippen LogP contribution in [0.5, 0.6) is 0 Å². The number of anilines is 1. The number of hydrogen-bond donors (Lipinski definition) is 0. The van der Waals surface area contributed by atoms with Gasteiger partial charge in [-0.2, -0.15) is 0 Å². The van der Waals surface area contributed by atoms with Crippen molar-refractivity contribution in [2.45, 2.75) is 38.1 Å². The fourth-order valence-electron chi connectivity index (χ4n) is 2.50. The Morgan fingerprint density at radius 3 is 2.04 bits per heavy atom. The lowest BCUT2D eigenvalue weighted by atomic mass is 10.1. The van der Waals surface area contributed by atoms with Gasteiger partial charge in [0.25, 0.3) is 15.9 Å². The summed E-state index contributed by atoms with van der Waals surface area (Å²) in [7, 11) is -0.350. The zero-order valence-corrected chi connectivity index (χ0v) is 16.7. The molecular weight excluding hydrogens is 348 g/mol. The van der Waals surface area contributed by atoms with Gasteiger partial charge in [0.05, 0.1) is 10.6 Å². The van der Waals surface area contributed by atoms with E-state index in [9.17, 15) is 13.2 Å². The summed E-state index contributed by atoms with van der Waals surface area (Å²) in [4.78, 5) is 14.4. The number of benzene rings is 2. The van der Waals surface area contributed by atoms with Crippen molar-refractivity contribution in [3.63, 3.8) is 0 Å². The maximum Gasteiger partial charge on any atom is 0.264 e. The Balaban J connectivity index is 2.24. The number of carbonyl (C=O) groups is 1. The SMILES string of the molecule is CCC(C)N(C)C(=O)c1ccc(N(C)S(=O)(=O)c2ccc(C)cc2)cc1. The van der Waals surface area contributed by atoms with Gasteiger partial charge in [-0.05, 0) is 56.7 Å². The molecule has 0 fully saturated rings. The van der Waals surface area contributed by atoms with Crippen LogP contribution in [-0.4, -0.2) is 39.4 Å². The monoisotopic (exact) mass is 374 g/mol. The van der Waals surface area contributed by atoms with E-state index in [1.54, 1.807) is 60.5 Å². The summed E-state index contributed by atoms with van der Waals surface area (Å²) in [5.41, 5.74) is 2.05. The molecule has 0 aromatic heterocycles. The largest absolute Gasteiger partial charge is 0.339 e. The Morgan fingerprint density at radius 2 is 1.54 bits per heavy atom. The summed E-state index contributed by atoms with van der Waals surface area (Å²) in [6.07, 6.45) is 0.873. The van der Waals surface area contributed by atoms with Gasteiger partial charge < -0.3 is 4.90 Å². The number of nitrogens with zero attached hydrogens (tertiary/aromatic N) is 2. The molecule has 0 bridgehead atoms. The zero-order chi connectivity index (χ0) is 19.5. The van der Waals surface area contributed by atoms with E-state index in [4.69, 9.17) is 0 Å². The highest BCUT2D eigenvalue weighted by atomic mass is 32.2. The van der Waals surface area contributed by atoms with Gasteiger partial charge in [-0.1, -0.05) is 24.6 Å². The molecular formula is C20H26N2O3S. The fraction of sp³-hybridized carbons (Fsp3) is 0.350. The lowest BCUT2D eigenvalue weighted by molar-refractivity contribution is 0.0740. The van der Waals surface area contributed by atoms with Gasteiger partial charge in [-0.15, -0.1) is 0 Å². The maximum absolute atomic E-state index is 12.7. The van der Waals surface area contributed by atoms with Crippen molar-refractivity contribution in [3.8, 4) is 0 Å². The predicted octanol–water partition coefficient (Wildman–Crippen LogP) is 3.69. The van der Waals surface area contributed by atoms with Crippen LogP contribution in [0, 0.1) is 6.92 Å². The highest BCUT2D eigenvalue weighted by molar-refractivity contribution is 7.92. The molecule has 0 aliphatic heterocycles. The van der Waals surface area contributed by atoms with Crippen molar-refractivity contribution < 1.29 is 13.2 Å². The second-order valence-corrected chi connectivity index (χ2v) is 8.48. The molecule has 26 heavy (non-hydrogen) atoms. The van der Waals surface area contributed by atoms with E-state index < -0.39 is 10.0 Å². The Bertz CT molecular complexity index is 859. The van der Waals surface area contributed by atoms with Crippen LogP contribution in [0.25, 0.3) is 0 Å². The second-order valence-electron chi connectivity index (χ2n) is 6.51. The minimum absolute atomic E-state index is 0.0741. The Hall–Kier alpha value is -2.34. The summed E-state index contributed by atoms with van der Waals surface area (Å²) >= 11 is 0. The van der Waals surface area contributed by atoms with Gasteiger partial charge in [0.15, 0.2) is 0 Å². The van der Waals surface area contributed by atoms with Crippen LogP contribution in [0.2, 0.25) is 0 Å². The summed E-state index contributed by atoms with van der Waals surface area (Å²) in [6.45, 7) is 5.93. The first kappa shape index (κ1) is 20.0. The third-order valence-corrected chi connectivity index (χ3v) is 6.53. The van der Waals surface area contributed by atoms with Crippen molar-refractivity contribution in [2.75, 3.05) is 18.4 Å². The average Bonchev–Trinajstić information content (AvgIpc) is 2.66. The number of amides is 1. The molecule has 2 rings (SSSR count). The first-order chi connectivity index (χ1) is 12.2. The Morgan fingerprint density at radius 1 is 1.00 bits per heavy atom. The van der Waals surface area contributed by atoms with Gasteiger partial charge in [0.1, 0.15) is 0 Å². The van der Waals surface area contributed by atoms with Gasteiger partial charge in [0.2, 0.25) is 0 Å². The molecule has 140 valence electrons. The van der Waals surface area contributed by atoms with Crippen LogP contribution in [0.3, 0.4) is 0 Å². The predicted molar refractivity (Wildman–Crippen MR) is 105 cm³/mol. The van der Waals surface area contributed by atoms with Crippen LogP contribution in [-0.2, 0) is 10.0 Å². The van der Waals surface area contributed by atoms with Gasteiger partial charge >= 0.3 is 0 Å². The minimum Gasteiger partial charge on any atom is -0.339 e. The lowest BCUT2D eigenvalue weighted by Gasteiger charge is -2.24. The van der Waals surface area contributed by atoms with Crippen molar-refractivity contribution in [2.24, 2.45) is 0 Å². The van der Waals surface area contributed by atoms with Crippen molar-refractivity contribution in [1.82, 2.24) is 4.90 Å². The zero-order valence-electron chi connectivity index (χ0n) is 15.9. The number of aryl methyl sites for hydroxylation is 1. The Labute approximate surface area is 156 Å². The molecule has 0 aliphatic carbocycles. The van der Waals surface area contributed by atoms with Crippen LogP contribution in [0.15, 0.2) is 53.4 Å². The number of carbonyl (C=O) groups excluding carboxylic acids is 1. The standard InChI is InChI=1S/C20H26N2O3S/c1-6-16(3)21(4)20(23)17-9-11-18(12-10-17)22(5)26(24,25)19-13-7-15(2)8-14-19/h7-14,16H,6H2,1-5H3. The lowest BCUT2D eigenvalue weighted by Crippen LogP contribution is -2.34. The molecule has 6 heteroatoms. The Kier molecular flexibility index (Phi) is 6.08. The van der Waals surface area contributed by atoms with Gasteiger partial charge in [-0.3, -0.25) is 9.10 Å². The van der Waals surface area contributed by atoms with Crippen molar-refractivity contribution in [3.05, 3.63) is 59.7 Å². The van der Waals surface area contributed by atoms with E-state index in [1.807, 2.05) is 20.8 Å². The second kappa shape index (κ2) is 7.91. The van der Waals surface area contributed by atoms with Crippen molar-refractivity contribution in [1.29, 1.82) is 0 Å². The molecule has 0 N–H and O–H groups in total. The fourth-order valence-corrected chi connectivity index (χ4v) is 3.69. The normalized spacial score (nSPS) is 12.5. The first-order valence-corrected chi connectivity index (χ1v) is 10.0. The van der Waals surface area contributed by atoms with E-state index in [0.29, 0.717) is 11.3 Å². The highest BCUT2D eigenvalue weighted by Crippen LogP contribution is 2.23. The summed E-state index contributed by atoms with van der Waals surface area (Å²) in [5.74, 6) is -0.0741. The molecule has 1 amide bonds. The number of sulfonamides is 1. The molecule has 5 nitrogen and oxygen atoms in total. The van der Waals surface area contributed by atoms with E-state index in [0.717, 1.165) is 12.0 Å². The smallest absolute Gasteiger partial charge is 0.264 e. The summed E-state index contributed by atoms with van der Waals surface area (Å²) < 4.78 is 26.7. The molecule has 0 aliphatic rings. The molecule has 0 heterocycles. The molecule has 1 unspecified atom stereocenters. The van der Waals surface area contributed by atoms with Gasteiger partial charge in [-0.25, -0.2) is 8.42 Å². The van der Waals surface area contributed by atoms with Crippen LogP contribution in [0.4, 0.5) is 5.69 Å². The molecule has 2 aromatic carbocycles. The summed E-state index contributed by atoms with van der Waals surface area (Å²) in [6, 6.07) is 13.5. The first-order valence-electron chi connectivity index (χ1n) is 8.61. The third kappa shape index (κ3) is 4.07. The molecule has 2 aromatic rings. The quantitative estimate of drug-likeness (QED) is 0.775.